The van der Waals surface area contributed by atoms with Crippen LogP contribution < -0.4 is 10.1 Å². The summed E-state index contributed by atoms with van der Waals surface area (Å²) in [5.41, 5.74) is 1.15. The lowest BCUT2D eigenvalue weighted by molar-refractivity contribution is 0.468. The number of halogens is 2. The van der Waals surface area contributed by atoms with Crippen molar-refractivity contribution in [3.63, 3.8) is 0 Å². The number of hydrogen-bond acceptors (Lipinski definition) is 2. The number of ether oxygens (including phenoxy) is 1. The maximum absolute atomic E-state index is 6.03. The summed E-state index contributed by atoms with van der Waals surface area (Å²) in [6.45, 7) is 6.20. The Morgan fingerprint density at radius 1 is 1.05 bits per heavy atom. The number of hydrogen-bond donors (Lipinski definition) is 1. The van der Waals surface area contributed by atoms with E-state index in [0.717, 1.165) is 39.1 Å². The fourth-order valence-corrected chi connectivity index (χ4v) is 2.64. The normalized spacial score (nSPS) is 10.9. The van der Waals surface area contributed by atoms with Crippen LogP contribution in [0.4, 0.5) is 0 Å². The predicted molar refractivity (Wildman–Crippen MR) is 94.9 cm³/mol. The average Bonchev–Trinajstić information content (AvgIpc) is 2.41. The lowest BCUT2D eigenvalue weighted by Crippen LogP contribution is -2.19. The molecule has 0 unspecified atom stereocenters. The molecule has 2 nitrogen and oxygen atoms in total. The van der Waals surface area contributed by atoms with Gasteiger partial charge in [0.25, 0.3) is 0 Å². The van der Waals surface area contributed by atoms with Crippen LogP contribution in [0.1, 0.15) is 19.4 Å². The lowest BCUT2D eigenvalue weighted by atomic mass is 10.2. The van der Waals surface area contributed by atoms with Crippen molar-refractivity contribution >= 4 is 31.9 Å². The molecule has 0 saturated carbocycles. The molecule has 0 radical (unpaired) electrons. The van der Waals surface area contributed by atoms with Crippen molar-refractivity contribution < 1.29 is 4.74 Å². The van der Waals surface area contributed by atoms with Gasteiger partial charge in [-0.15, -0.1) is 0 Å². The number of rotatable bonds is 6. The SMILES string of the molecule is CC(C)CNCc1ccc(Br)cc1Oc1cccc(Br)c1. The van der Waals surface area contributed by atoms with Gasteiger partial charge in [0, 0.05) is 21.1 Å². The van der Waals surface area contributed by atoms with Crippen LogP contribution in [-0.4, -0.2) is 6.54 Å². The highest BCUT2D eigenvalue weighted by molar-refractivity contribution is 9.10. The third-order valence-electron chi connectivity index (χ3n) is 2.92. The second-order valence-corrected chi connectivity index (χ2v) is 7.17. The van der Waals surface area contributed by atoms with Crippen LogP contribution in [0.3, 0.4) is 0 Å². The third kappa shape index (κ3) is 5.46. The molecule has 4 heteroatoms. The monoisotopic (exact) mass is 411 g/mol. The molecular formula is C17H19Br2NO. The summed E-state index contributed by atoms with van der Waals surface area (Å²) in [6.07, 6.45) is 0. The van der Waals surface area contributed by atoms with E-state index >= 15 is 0 Å². The highest BCUT2D eigenvalue weighted by atomic mass is 79.9. The molecule has 0 amide bonds. The molecule has 0 fully saturated rings. The van der Waals surface area contributed by atoms with Gasteiger partial charge in [-0.1, -0.05) is 57.8 Å². The van der Waals surface area contributed by atoms with Crippen LogP contribution in [0.5, 0.6) is 11.5 Å². The molecule has 0 spiro atoms. The largest absolute Gasteiger partial charge is 0.457 e. The molecule has 0 aliphatic heterocycles. The molecule has 0 aromatic heterocycles. The summed E-state index contributed by atoms with van der Waals surface area (Å²) >= 11 is 6.97. The van der Waals surface area contributed by atoms with Crippen LogP contribution in [0.2, 0.25) is 0 Å². The van der Waals surface area contributed by atoms with Crippen LogP contribution >= 0.6 is 31.9 Å². The molecule has 0 heterocycles. The first-order valence-electron chi connectivity index (χ1n) is 6.97. The minimum absolute atomic E-state index is 0.634. The van der Waals surface area contributed by atoms with E-state index in [9.17, 15) is 0 Å². The van der Waals surface area contributed by atoms with Gasteiger partial charge in [0.1, 0.15) is 11.5 Å². The van der Waals surface area contributed by atoms with Gasteiger partial charge < -0.3 is 10.1 Å². The Hall–Kier alpha value is -0.840. The third-order valence-corrected chi connectivity index (χ3v) is 3.91. The zero-order valence-electron chi connectivity index (χ0n) is 12.2. The summed E-state index contributed by atoms with van der Waals surface area (Å²) in [6, 6.07) is 14.0. The summed E-state index contributed by atoms with van der Waals surface area (Å²) in [4.78, 5) is 0. The molecular weight excluding hydrogens is 394 g/mol. The van der Waals surface area contributed by atoms with E-state index in [0.29, 0.717) is 5.92 Å². The fourth-order valence-electron chi connectivity index (χ4n) is 1.92. The molecule has 2 aromatic carbocycles. The van der Waals surface area contributed by atoms with Crippen molar-refractivity contribution in [2.24, 2.45) is 5.92 Å². The molecule has 0 atom stereocenters. The van der Waals surface area contributed by atoms with Crippen LogP contribution in [0, 0.1) is 5.92 Å². The van der Waals surface area contributed by atoms with Gasteiger partial charge in [0.15, 0.2) is 0 Å². The van der Waals surface area contributed by atoms with Crippen LogP contribution in [0.15, 0.2) is 51.4 Å². The van der Waals surface area contributed by atoms with E-state index in [1.807, 2.05) is 36.4 Å². The van der Waals surface area contributed by atoms with Crippen LogP contribution in [0.25, 0.3) is 0 Å². The zero-order chi connectivity index (χ0) is 15.2. The maximum Gasteiger partial charge on any atom is 0.133 e. The van der Waals surface area contributed by atoms with Gasteiger partial charge in [-0.25, -0.2) is 0 Å². The van der Waals surface area contributed by atoms with Crippen molar-refractivity contribution in [3.05, 3.63) is 57.0 Å². The Bertz CT molecular complexity index is 599. The Kier molecular flexibility index (Phi) is 6.27. The maximum atomic E-state index is 6.03. The van der Waals surface area contributed by atoms with Crippen molar-refractivity contribution in [1.82, 2.24) is 5.32 Å². The molecule has 0 aliphatic rings. The van der Waals surface area contributed by atoms with Gasteiger partial charge in [-0.2, -0.15) is 0 Å². The van der Waals surface area contributed by atoms with Crippen molar-refractivity contribution in [1.29, 1.82) is 0 Å². The van der Waals surface area contributed by atoms with Crippen LogP contribution in [-0.2, 0) is 6.54 Å². The van der Waals surface area contributed by atoms with E-state index in [-0.39, 0.29) is 0 Å². The standard InChI is InChI=1S/C17H19Br2NO/c1-12(2)10-20-11-13-6-7-15(19)9-17(13)21-16-5-3-4-14(18)8-16/h3-9,12,20H,10-11H2,1-2H3. The van der Waals surface area contributed by atoms with E-state index in [4.69, 9.17) is 4.74 Å². The highest BCUT2D eigenvalue weighted by Gasteiger charge is 2.07. The fraction of sp³-hybridized carbons (Fsp3) is 0.294. The highest BCUT2D eigenvalue weighted by Crippen LogP contribution is 2.30. The minimum Gasteiger partial charge on any atom is -0.457 e. The molecule has 0 bridgehead atoms. The quantitative estimate of drug-likeness (QED) is 0.652. The first-order chi connectivity index (χ1) is 10.0. The second kappa shape index (κ2) is 7.97. The first-order valence-corrected chi connectivity index (χ1v) is 8.56. The van der Waals surface area contributed by atoms with Crippen molar-refractivity contribution in [2.75, 3.05) is 6.54 Å². The van der Waals surface area contributed by atoms with Crippen molar-refractivity contribution in [3.8, 4) is 11.5 Å². The Morgan fingerprint density at radius 3 is 2.52 bits per heavy atom. The molecule has 2 rings (SSSR count). The van der Waals surface area contributed by atoms with Gasteiger partial charge in [0.05, 0.1) is 0 Å². The topological polar surface area (TPSA) is 21.3 Å². The first kappa shape index (κ1) is 16.5. The van der Waals surface area contributed by atoms with E-state index in [1.54, 1.807) is 0 Å². The summed E-state index contributed by atoms with van der Waals surface area (Å²) in [5.74, 6) is 2.33. The van der Waals surface area contributed by atoms with Gasteiger partial charge in [-0.05, 0) is 42.8 Å². The molecule has 112 valence electrons. The zero-order valence-corrected chi connectivity index (χ0v) is 15.4. The van der Waals surface area contributed by atoms with Gasteiger partial charge in [-0.3, -0.25) is 0 Å². The molecule has 21 heavy (non-hydrogen) atoms. The minimum atomic E-state index is 0.634. The summed E-state index contributed by atoms with van der Waals surface area (Å²) in [7, 11) is 0. The molecule has 0 aliphatic carbocycles. The average molecular weight is 413 g/mol. The summed E-state index contributed by atoms with van der Waals surface area (Å²) in [5, 5.41) is 3.45. The van der Waals surface area contributed by atoms with E-state index in [1.165, 1.54) is 0 Å². The molecule has 0 saturated heterocycles. The number of benzene rings is 2. The van der Waals surface area contributed by atoms with Gasteiger partial charge >= 0.3 is 0 Å². The lowest BCUT2D eigenvalue weighted by Gasteiger charge is -2.13. The van der Waals surface area contributed by atoms with Crippen molar-refractivity contribution in [2.45, 2.75) is 20.4 Å². The smallest absolute Gasteiger partial charge is 0.133 e. The van der Waals surface area contributed by atoms with E-state index in [2.05, 4.69) is 57.1 Å². The predicted octanol–water partition coefficient (Wildman–Crippen LogP) is 5.75. The van der Waals surface area contributed by atoms with E-state index < -0.39 is 0 Å². The number of nitrogens with one attached hydrogen (secondary N) is 1. The summed E-state index contributed by atoms with van der Waals surface area (Å²) < 4.78 is 8.05. The Labute approximate surface area is 143 Å². The van der Waals surface area contributed by atoms with Gasteiger partial charge in [0.2, 0.25) is 0 Å². The Morgan fingerprint density at radius 2 is 1.81 bits per heavy atom. The second-order valence-electron chi connectivity index (χ2n) is 5.34. The molecule has 2 aromatic rings. The Balaban J connectivity index is 2.15. The molecule has 1 N–H and O–H groups in total.